The molecule has 0 saturated carbocycles. The zero-order valence-electron chi connectivity index (χ0n) is 14.3. The number of anilines is 1. The Kier molecular flexibility index (Phi) is 5.43. The quantitative estimate of drug-likeness (QED) is 0.656. The molecule has 25 heavy (non-hydrogen) atoms. The monoisotopic (exact) mass is 359 g/mol. The Bertz CT molecular complexity index is 788. The van der Waals surface area contributed by atoms with Crippen molar-refractivity contribution >= 4 is 29.3 Å². The SMILES string of the molecule is COC(=O)C1CCc2c(cnn2CC(=O)Nc2cccc(SC)c2)C1. The van der Waals surface area contributed by atoms with E-state index in [4.69, 9.17) is 4.74 Å². The Labute approximate surface area is 150 Å². The first-order valence-corrected chi connectivity index (χ1v) is 9.38. The van der Waals surface area contributed by atoms with Crippen LogP contribution in [-0.2, 0) is 33.7 Å². The van der Waals surface area contributed by atoms with Crippen LogP contribution in [-0.4, -0.2) is 35.0 Å². The van der Waals surface area contributed by atoms with Gasteiger partial charge < -0.3 is 10.1 Å². The summed E-state index contributed by atoms with van der Waals surface area (Å²) in [5.41, 5.74) is 2.84. The molecule has 1 aliphatic carbocycles. The number of ether oxygens (including phenoxy) is 1. The molecule has 1 N–H and O–H groups in total. The van der Waals surface area contributed by atoms with E-state index in [-0.39, 0.29) is 24.3 Å². The van der Waals surface area contributed by atoms with Crippen molar-refractivity contribution in [1.29, 1.82) is 0 Å². The van der Waals surface area contributed by atoms with Gasteiger partial charge in [-0.1, -0.05) is 6.07 Å². The number of nitrogens with one attached hydrogen (secondary N) is 1. The molecule has 6 nitrogen and oxygen atoms in total. The van der Waals surface area contributed by atoms with Crippen molar-refractivity contribution < 1.29 is 14.3 Å². The summed E-state index contributed by atoms with van der Waals surface area (Å²) in [6, 6.07) is 7.74. The van der Waals surface area contributed by atoms with Crippen LogP contribution in [0.15, 0.2) is 35.4 Å². The molecule has 1 aromatic carbocycles. The lowest BCUT2D eigenvalue weighted by atomic mass is 9.88. The van der Waals surface area contributed by atoms with Gasteiger partial charge in [-0.25, -0.2) is 0 Å². The van der Waals surface area contributed by atoms with Crippen molar-refractivity contribution in [1.82, 2.24) is 9.78 Å². The molecule has 0 saturated heterocycles. The number of benzene rings is 1. The van der Waals surface area contributed by atoms with Gasteiger partial charge in [0.15, 0.2) is 0 Å². The van der Waals surface area contributed by atoms with Gasteiger partial charge in [-0.2, -0.15) is 5.10 Å². The zero-order chi connectivity index (χ0) is 17.8. The van der Waals surface area contributed by atoms with E-state index >= 15 is 0 Å². The summed E-state index contributed by atoms with van der Waals surface area (Å²) in [4.78, 5) is 25.1. The highest BCUT2D eigenvalue weighted by molar-refractivity contribution is 7.98. The second kappa shape index (κ2) is 7.74. The number of hydrogen-bond acceptors (Lipinski definition) is 5. The molecule has 0 aliphatic heterocycles. The minimum atomic E-state index is -0.176. The van der Waals surface area contributed by atoms with E-state index < -0.39 is 0 Å². The fourth-order valence-electron chi connectivity index (χ4n) is 3.13. The molecule has 1 unspecified atom stereocenters. The molecule has 0 bridgehead atoms. The number of amides is 1. The lowest BCUT2D eigenvalue weighted by molar-refractivity contribution is -0.145. The van der Waals surface area contributed by atoms with Crippen LogP contribution in [0.1, 0.15) is 17.7 Å². The van der Waals surface area contributed by atoms with E-state index in [1.165, 1.54) is 7.11 Å². The van der Waals surface area contributed by atoms with Crippen molar-refractivity contribution in [3.8, 4) is 0 Å². The summed E-state index contributed by atoms with van der Waals surface area (Å²) in [6.45, 7) is 0.168. The maximum Gasteiger partial charge on any atom is 0.309 e. The average Bonchev–Trinajstić information content (AvgIpc) is 3.03. The highest BCUT2D eigenvalue weighted by Crippen LogP contribution is 2.26. The van der Waals surface area contributed by atoms with E-state index in [1.54, 1.807) is 22.6 Å². The van der Waals surface area contributed by atoms with Gasteiger partial charge in [-0.3, -0.25) is 14.3 Å². The van der Waals surface area contributed by atoms with E-state index in [2.05, 4.69) is 10.4 Å². The first-order valence-electron chi connectivity index (χ1n) is 8.16. The third-order valence-electron chi connectivity index (χ3n) is 4.41. The molecule has 3 rings (SSSR count). The first-order chi connectivity index (χ1) is 12.1. The highest BCUT2D eigenvalue weighted by Gasteiger charge is 2.28. The van der Waals surface area contributed by atoms with Crippen LogP contribution in [0.2, 0.25) is 0 Å². The van der Waals surface area contributed by atoms with Crippen molar-refractivity contribution in [3.63, 3.8) is 0 Å². The molecular weight excluding hydrogens is 338 g/mol. The van der Waals surface area contributed by atoms with Crippen molar-refractivity contribution in [2.45, 2.75) is 30.7 Å². The molecule has 0 fully saturated rings. The summed E-state index contributed by atoms with van der Waals surface area (Å²) in [5, 5.41) is 7.24. The predicted octanol–water partition coefficient (Wildman–Crippen LogP) is 2.52. The topological polar surface area (TPSA) is 73.2 Å². The summed E-state index contributed by atoms with van der Waals surface area (Å²) >= 11 is 1.63. The van der Waals surface area contributed by atoms with E-state index in [9.17, 15) is 9.59 Å². The molecule has 1 aromatic heterocycles. The van der Waals surface area contributed by atoms with Gasteiger partial charge in [0.25, 0.3) is 0 Å². The van der Waals surface area contributed by atoms with E-state index in [0.29, 0.717) is 6.42 Å². The number of fused-ring (bicyclic) bond motifs is 1. The molecule has 1 aliphatic rings. The average molecular weight is 359 g/mol. The van der Waals surface area contributed by atoms with Crippen LogP contribution >= 0.6 is 11.8 Å². The fraction of sp³-hybridized carbons (Fsp3) is 0.389. The van der Waals surface area contributed by atoms with E-state index in [0.717, 1.165) is 34.7 Å². The summed E-state index contributed by atoms with van der Waals surface area (Å²) < 4.78 is 6.56. The molecule has 1 heterocycles. The minimum Gasteiger partial charge on any atom is -0.469 e. The van der Waals surface area contributed by atoms with Crippen LogP contribution in [0.4, 0.5) is 5.69 Å². The third-order valence-corrected chi connectivity index (χ3v) is 5.14. The molecule has 0 spiro atoms. The summed E-state index contributed by atoms with van der Waals surface area (Å²) in [7, 11) is 1.41. The van der Waals surface area contributed by atoms with Gasteiger partial charge in [-0.05, 0) is 49.3 Å². The zero-order valence-corrected chi connectivity index (χ0v) is 15.1. The number of carbonyl (C=O) groups excluding carboxylic acids is 2. The second-order valence-electron chi connectivity index (χ2n) is 6.02. The lowest BCUT2D eigenvalue weighted by Gasteiger charge is -2.20. The smallest absolute Gasteiger partial charge is 0.309 e. The first kappa shape index (κ1) is 17.5. The molecule has 1 atom stereocenters. The van der Waals surface area contributed by atoms with Crippen LogP contribution in [0, 0.1) is 5.92 Å². The fourth-order valence-corrected chi connectivity index (χ4v) is 3.59. The largest absolute Gasteiger partial charge is 0.469 e. The number of thioether (sulfide) groups is 1. The third kappa shape index (κ3) is 4.04. The van der Waals surface area contributed by atoms with Gasteiger partial charge in [0.1, 0.15) is 6.54 Å². The Morgan fingerprint density at radius 3 is 3.04 bits per heavy atom. The minimum absolute atomic E-state index is 0.112. The number of nitrogens with zero attached hydrogens (tertiary/aromatic N) is 2. The maximum atomic E-state index is 12.3. The number of aromatic nitrogens is 2. The molecule has 2 aromatic rings. The Morgan fingerprint density at radius 2 is 2.28 bits per heavy atom. The summed E-state index contributed by atoms with van der Waals surface area (Å²) in [5.74, 6) is -0.401. The van der Waals surface area contributed by atoms with Crippen LogP contribution in [0.5, 0.6) is 0 Å². The number of hydrogen-bond donors (Lipinski definition) is 1. The van der Waals surface area contributed by atoms with Crippen molar-refractivity contribution in [2.75, 3.05) is 18.7 Å². The van der Waals surface area contributed by atoms with Crippen molar-refractivity contribution in [2.24, 2.45) is 5.92 Å². The number of carbonyl (C=O) groups is 2. The standard InChI is InChI=1S/C18H21N3O3S/c1-24-18(23)12-6-7-16-13(8-12)10-19-21(16)11-17(22)20-14-4-3-5-15(9-14)25-2/h3-5,9-10,12H,6-8,11H2,1-2H3,(H,20,22). The molecule has 7 heteroatoms. The number of methoxy groups -OCH3 is 1. The molecular formula is C18H21N3O3S. The Balaban J connectivity index is 1.65. The van der Waals surface area contributed by atoms with Gasteiger partial charge >= 0.3 is 5.97 Å². The Hall–Kier alpha value is -2.28. The molecule has 132 valence electrons. The summed E-state index contributed by atoms with van der Waals surface area (Å²) in [6.07, 6.45) is 5.83. The number of esters is 1. The molecule has 1 amide bonds. The normalized spacial score (nSPS) is 16.2. The highest BCUT2D eigenvalue weighted by atomic mass is 32.2. The maximum absolute atomic E-state index is 12.3. The second-order valence-corrected chi connectivity index (χ2v) is 6.90. The van der Waals surface area contributed by atoms with Gasteiger partial charge in [0.05, 0.1) is 19.2 Å². The predicted molar refractivity (Wildman–Crippen MR) is 96.6 cm³/mol. The van der Waals surface area contributed by atoms with Crippen LogP contribution in [0.3, 0.4) is 0 Å². The van der Waals surface area contributed by atoms with Gasteiger partial charge in [-0.15, -0.1) is 11.8 Å². The van der Waals surface area contributed by atoms with Crippen LogP contribution in [0.25, 0.3) is 0 Å². The van der Waals surface area contributed by atoms with Gasteiger partial charge in [0.2, 0.25) is 5.91 Å². The van der Waals surface area contributed by atoms with Crippen molar-refractivity contribution in [3.05, 3.63) is 41.7 Å². The number of rotatable bonds is 5. The molecule has 0 radical (unpaired) electrons. The van der Waals surface area contributed by atoms with Gasteiger partial charge in [0, 0.05) is 16.3 Å². The van der Waals surface area contributed by atoms with Crippen LogP contribution < -0.4 is 5.32 Å². The lowest BCUT2D eigenvalue weighted by Crippen LogP contribution is -2.26. The van der Waals surface area contributed by atoms with E-state index in [1.807, 2.05) is 30.5 Å². The Morgan fingerprint density at radius 1 is 1.44 bits per heavy atom.